The monoisotopic (exact) mass is 332 g/mol. The number of hydrogen-bond donors (Lipinski definition) is 2. The number of guanidine groups is 1. The minimum absolute atomic E-state index is 0.202. The second-order valence-electron chi connectivity index (χ2n) is 5.32. The van der Waals surface area contributed by atoms with Crippen molar-refractivity contribution in [2.75, 3.05) is 20.8 Å². The van der Waals surface area contributed by atoms with Gasteiger partial charge in [0.05, 0.1) is 18.8 Å². The topological polar surface area (TPSA) is 58.5 Å². The van der Waals surface area contributed by atoms with Crippen molar-refractivity contribution in [1.82, 2.24) is 15.6 Å². The van der Waals surface area contributed by atoms with E-state index in [1.54, 1.807) is 25.5 Å². The molecule has 0 amide bonds. The number of aromatic nitrogens is 1. The zero-order valence-electron chi connectivity index (χ0n) is 14.1. The molecule has 124 valence electrons. The zero-order valence-corrected chi connectivity index (χ0v) is 14.9. The van der Waals surface area contributed by atoms with E-state index in [0.717, 1.165) is 22.2 Å². The number of methoxy groups -OCH3 is 1. The lowest BCUT2D eigenvalue weighted by Gasteiger charge is -2.16. The summed E-state index contributed by atoms with van der Waals surface area (Å²) in [4.78, 5) is 10.1. The number of aryl methyl sites for hydroxylation is 1. The van der Waals surface area contributed by atoms with Crippen molar-refractivity contribution in [1.29, 1.82) is 0 Å². The SMILES string of the molecule is CN=C(NCc1sc(-c2ccccc2)nc1C)NC(C)COC. The van der Waals surface area contributed by atoms with Crippen molar-refractivity contribution in [2.24, 2.45) is 4.99 Å². The number of rotatable bonds is 6. The van der Waals surface area contributed by atoms with Crippen LogP contribution in [0.5, 0.6) is 0 Å². The van der Waals surface area contributed by atoms with Gasteiger partial charge in [-0.25, -0.2) is 4.98 Å². The van der Waals surface area contributed by atoms with E-state index in [4.69, 9.17) is 4.74 Å². The Hall–Kier alpha value is -1.92. The maximum Gasteiger partial charge on any atom is 0.191 e. The van der Waals surface area contributed by atoms with Crippen molar-refractivity contribution in [3.8, 4) is 10.6 Å². The molecular weight excluding hydrogens is 308 g/mol. The van der Waals surface area contributed by atoms with Gasteiger partial charge in [0.2, 0.25) is 0 Å². The Balaban J connectivity index is 1.99. The molecule has 0 fully saturated rings. The molecule has 1 aromatic carbocycles. The molecule has 0 aliphatic heterocycles. The van der Waals surface area contributed by atoms with Crippen LogP contribution in [0.25, 0.3) is 10.6 Å². The number of hydrogen-bond acceptors (Lipinski definition) is 4. The van der Waals surface area contributed by atoms with E-state index in [1.165, 1.54) is 4.88 Å². The van der Waals surface area contributed by atoms with Gasteiger partial charge in [-0.05, 0) is 13.8 Å². The summed E-state index contributed by atoms with van der Waals surface area (Å²) in [6, 6.07) is 10.5. The number of ether oxygens (including phenoxy) is 1. The molecule has 0 saturated heterocycles. The minimum atomic E-state index is 0.202. The van der Waals surface area contributed by atoms with Crippen LogP contribution in [0.2, 0.25) is 0 Å². The summed E-state index contributed by atoms with van der Waals surface area (Å²) in [5.74, 6) is 0.767. The van der Waals surface area contributed by atoms with Crippen LogP contribution >= 0.6 is 11.3 Å². The van der Waals surface area contributed by atoms with Gasteiger partial charge in [-0.15, -0.1) is 11.3 Å². The molecular formula is C17H24N4OS. The van der Waals surface area contributed by atoms with Crippen LogP contribution in [0.15, 0.2) is 35.3 Å². The van der Waals surface area contributed by atoms with Crippen molar-refractivity contribution >= 4 is 17.3 Å². The summed E-state index contributed by atoms with van der Waals surface area (Å²) in [5.41, 5.74) is 2.21. The van der Waals surface area contributed by atoms with Gasteiger partial charge < -0.3 is 15.4 Å². The number of nitrogens with one attached hydrogen (secondary N) is 2. The van der Waals surface area contributed by atoms with Crippen LogP contribution in [-0.4, -0.2) is 37.7 Å². The third-order valence-corrected chi connectivity index (χ3v) is 4.56. The molecule has 0 saturated carbocycles. The summed E-state index contributed by atoms with van der Waals surface area (Å²) >= 11 is 1.71. The smallest absolute Gasteiger partial charge is 0.191 e. The Morgan fingerprint density at radius 3 is 2.74 bits per heavy atom. The van der Waals surface area contributed by atoms with Gasteiger partial charge in [-0.3, -0.25) is 4.99 Å². The molecule has 2 N–H and O–H groups in total. The van der Waals surface area contributed by atoms with Crippen LogP contribution in [0.1, 0.15) is 17.5 Å². The van der Waals surface area contributed by atoms with Crippen LogP contribution in [0.3, 0.4) is 0 Å². The van der Waals surface area contributed by atoms with Gasteiger partial charge in [-0.2, -0.15) is 0 Å². The molecule has 1 heterocycles. The van der Waals surface area contributed by atoms with Crippen LogP contribution in [-0.2, 0) is 11.3 Å². The van der Waals surface area contributed by atoms with Gasteiger partial charge in [0.1, 0.15) is 5.01 Å². The van der Waals surface area contributed by atoms with Crippen LogP contribution in [0, 0.1) is 6.92 Å². The molecule has 1 aromatic heterocycles. The summed E-state index contributed by atoms with van der Waals surface area (Å²) < 4.78 is 5.13. The van der Waals surface area contributed by atoms with Crippen molar-refractivity contribution < 1.29 is 4.74 Å². The first-order chi connectivity index (χ1) is 11.1. The molecule has 6 heteroatoms. The highest BCUT2D eigenvalue weighted by molar-refractivity contribution is 7.15. The molecule has 2 rings (SSSR count). The molecule has 1 unspecified atom stereocenters. The van der Waals surface area contributed by atoms with Gasteiger partial charge in [0.25, 0.3) is 0 Å². The predicted octanol–water partition coefficient (Wildman–Crippen LogP) is 2.82. The molecule has 1 atom stereocenters. The summed E-state index contributed by atoms with van der Waals surface area (Å²) in [5, 5.41) is 7.68. The summed E-state index contributed by atoms with van der Waals surface area (Å²) in [6.45, 7) is 5.44. The second kappa shape index (κ2) is 8.64. The summed E-state index contributed by atoms with van der Waals surface area (Å²) in [7, 11) is 3.46. The highest BCUT2D eigenvalue weighted by atomic mass is 32.1. The van der Waals surface area contributed by atoms with E-state index in [9.17, 15) is 0 Å². The average Bonchev–Trinajstić information content (AvgIpc) is 2.93. The van der Waals surface area contributed by atoms with Crippen LogP contribution < -0.4 is 10.6 Å². The lowest BCUT2D eigenvalue weighted by Crippen LogP contribution is -2.43. The molecule has 0 spiro atoms. The first kappa shape index (κ1) is 17.4. The first-order valence-electron chi connectivity index (χ1n) is 7.62. The normalized spacial score (nSPS) is 13.0. The maximum absolute atomic E-state index is 5.13. The lowest BCUT2D eigenvalue weighted by molar-refractivity contribution is 0.179. The Morgan fingerprint density at radius 1 is 1.35 bits per heavy atom. The van der Waals surface area contributed by atoms with Crippen LogP contribution in [0.4, 0.5) is 0 Å². The van der Waals surface area contributed by atoms with Gasteiger partial charge in [0, 0.05) is 30.6 Å². The second-order valence-corrected chi connectivity index (χ2v) is 6.40. The highest BCUT2D eigenvalue weighted by Gasteiger charge is 2.10. The molecule has 0 aliphatic rings. The third kappa shape index (κ3) is 5.04. The summed E-state index contributed by atoms with van der Waals surface area (Å²) in [6.07, 6.45) is 0. The van der Waals surface area contributed by atoms with E-state index in [1.807, 2.05) is 25.1 Å². The molecule has 5 nitrogen and oxygen atoms in total. The number of aliphatic imine (C=N–C) groups is 1. The van der Waals surface area contributed by atoms with E-state index in [0.29, 0.717) is 13.2 Å². The minimum Gasteiger partial charge on any atom is -0.383 e. The Labute approximate surface area is 141 Å². The van der Waals surface area contributed by atoms with Gasteiger partial charge in [0.15, 0.2) is 5.96 Å². The average molecular weight is 332 g/mol. The van der Waals surface area contributed by atoms with Crippen molar-refractivity contribution in [2.45, 2.75) is 26.4 Å². The number of nitrogens with zero attached hydrogens (tertiary/aromatic N) is 2. The lowest BCUT2D eigenvalue weighted by atomic mass is 10.2. The Kier molecular flexibility index (Phi) is 6.55. The zero-order chi connectivity index (χ0) is 16.7. The highest BCUT2D eigenvalue weighted by Crippen LogP contribution is 2.27. The van der Waals surface area contributed by atoms with Crippen molar-refractivity contribution in [3.05, 3.63) is 40.9 Å². The van der Waals surface area contributed by atoms with Gasteiger partial charge >= 0.3 is 0 Å². The number of benzene rings is 1. The van der Waals surface area contributed by atoms with E-state index < -0.39 is 0 Å². The standard InChI is InChI=1S/C17H24N4OS/c1-12(11-22-4)20-17(18-3)19-10-15-13(2)21-16(23-15)14-8-6-5-7-9-14/h5-9,12H,10-11H2,1-4H3,(H2,18,19,20). The molecule has 0 bridgehead atoms. The van der Waals surface area contributed by atoms with E-state index >= 15 is 0 Å². The fraction of sp³-hybridized carbons (Fsp3) is 0.412. The molecule has 2 aromatic rings. The fourth-order valence-electron chi connectivity index (χ4n) is 2.18. The quantitative estimate of drug-likeness (QED) is 0.631. The molecule has 0 radical (unpaired) electrons. The van der Waals surface area contributed by atoms with E-state index in [-0.39, 0.29) is 6.04 Å². The fourth-order valence-corrected chi connectivity index (χ4v) is 3.19. The first-order valence-corrected chi connectivity index (χ1v) is 8.43. The third-order valence-electron chi connectivity index (χ3n) is 3.35. The molecule has 23 heavy (non-hydrogen) atoms. The maximum atomic E-state index is 5.13. The van der Waals surface area contributed by atoms with Crippen molar-refractivity contribution in [3.63, 3.8) is 0 Å². The van der Waals surface area contributed by atoms with E-state index in [2.05, 4.69) is 39.7 Å². The van der Waals surface area contributed by atoms with Gasteiger partial charge in [-0.1, -0.05) is 30.3 Å². The largest absolute Gasteiger partial charge is 0.383 e. The number of thiazole rings is 1. The molecule has 0 aliphatic carbocycles. The Morgan fingerprint density at radius 2 is 2.09 bits per heavy atom. The Bertz CT molecular complexity index is 639. The predicted molar refractivity (Wildman–Crippen MR) is 97.0 cm³/mol.